The molecule has 18 heavy (non-hydrogen) atoms. The zero-order valence-corrected chi connectivity index (χ0v) is 11.4. The van der Waals surface area contributed by atoms with E-state index in [1.165, 1.54) is 11.3 Å². The second-order valence-electron chi connectivity index (χ2n) is 3.80. The van der Waals surface area contributed by atoms with Gasteiger partial charge in [-0.25, -0.2) is 0 Å². The lowest BCUT2D eigenvalue weighted by molar-refractivity contribution is 0.105. The van der Waals surface area contributed by atoms with E-state index in [4.69, 9.17) is 11.6 Å². The fourth-order valence-electron chi connectivity index (χ4n) is 1.48. The third-order valence-corrected chi connectivity index (χ3v) is 3.43. The summed E-state index contributed by atoms with van der Waals surface area (Å²) in [5.74, 6) is 0.0176. The number of ketones is 1. The van der Waals surface area contributed by atoms with Crippen molar-refractivity contribution in [2.45, 2.75) is 6.92 Å². The number of hydrogen-bond donors (Lipinski definition) is 1. The average molecular weight is 278 g/mol. The van der Waals surface area contributed by atoms with Gasteiger partial charge in [0.2, 0.25) is 0 Å². The summed E-state index contributed by atoms with van der Waals surface area (Å²) in [5, 5.41) is 5.73. The molecule has 0 amide bonds. The van der Waals surface area contributed by atoms with Crippen molar-refractivity contribution >= 4 is 34.4 Å². The van der Waals surface area contributed by atoms with Crippen LogP contribution < -0.4 is 5.32 Å². The Morgan fingerprint density at radius 1 is 1.28 bits per heavy atom. The number of allylic oxidation sites excluding steroid dienone is 2. The molecule has 0 bridgehead atoms. The molecule has 0 aliphatic carbocycles. The fourth-order valence-corrected chi connectivity index (χ4v) is 2.25. The van der Waals surface area contributed by atoms with Crippen molar-refractivity contribution in [1.29, 1.82) is 0 Å². The van der Waals surface area contributed by atoms with Crippen molar-refractivity contribution in [2.75, 3.05) is 5.32 Å². The second-order valence-corrected chi connectivity index (χ2v) is 5.18. The summed E-state index contributed by atoms with van der Waals surface area (Å²) in [5.41, 5.74) is 1.71. The van der Waals surface area contributed by atoms with E-state index in [1.807, 2.05) is 36.6 Å². The van der Waals surface area contributed by atoms with Crippen LogP contribution in [-0.2, 0) is 0 Å². The van der Waals surface area contributed by atoms with Gasteiger partial charge in [0.15, 0.2) is 5.78 Å². The minimum Gasteiger partial charge on any atom is -0.359 e. The van der Waals surface area contributed by atoms with Crippen LogP contribution in [0.3, 0.4) is 0 Å². The normalized spacial score (nSPS) is 11.3. The summed E-state index contributed by atoms with van der Waals surface area (Å²) >= 11 is 7.25. The first-order valence-corrected chi connectivity index (χ1v) is 6.69. The number of anilines is 1. The van der Waals surface area contributed by atoms with Crippen molar-refractivity contribution in [2.24, 2.45) is 0 Å². The highest BCUT2D eigenvalue weighted by Crippen LogP contribution is 2.16. The first-order chi connectivity index (χ1) is 8.65. The van der Waals surface area contributed by atoms with E-state index in [9.17, 15) is 4.79 Å². The number of nitrogens with one attached hydrogen (secondary N) is 1. The average Bonchev–Trinajstić information content (AvgIpc) is 2.85. The van der Waals surface area contributed by atoms with Crippen molar-refractivity contribution in [3.05, 3.63) is 63.5 Å². The Morgan fingerprint density at radius 2 is 2.00 bits per heavy atom. The highest BCUT2D eigenvalue weighted by molar-refractivity contribution is 7.12. The molecule has 0 saturated heterocycles. The molecule has 2 aromatic rings. The summed E-state index contributed by atoms with van der Waals surface area (Å²) in [4.78, 5) is 12.6. The van der Waals surface area contributed by atoms with Crippen LogP contribution in [0.25, 0.3) is 0 Å². The largest absolute Gasteiger partial charge is 0.359 e. The predicted octanol–water partition coefficient (Wildman–Crippen LogP) is 4.60. The molecule has 0 fully saturated rings. The summed E-state index contributed by atoms with van der Waals surface area (Å²) < 4.78 is 0. The Labute approximate surface area is 115 Å². The van der Waals surface area contributed by atoms with Gasteiger partial charge >= 0.3 is 0 Å². The third kappa shape index (κ3) is 3.45. The van der Waals surface area contributed by atoms with Crippen LogP contribution in [0.15, 0.2) is 53.6 Å². The van der Waals surface area contributed by atoms with Crippen LogP contribution in [-0.4, -0.2) is 5.78 Å². The van der Waals surface area contributed by atoms with Crippen molar-refractivity contribution in [3.8, 4) is 0 Å². The minimum absolute atomic E-state index is 0.0176. The Bertz CT molecular complexity index is 558. The highest BCUT2D eigenvalue weighted by Gasteiger charge is 2.03. The molecular formula is C14H12ClNOS. The van der Waals surface area contributed by atoms with Gasteiger partial charge in [-0.15, -0.1) is 11.3 Å². The molecule has 0 atom stereocenters. The van der Waals surface area contributed by atoms with Gasteiger partial charge in [0.25, 0.3) is 0 Å². The van der Waals surface area contributed by atoms with E-state index in [0.717, 1.165) is 16.3 Å². The van der Waals surface area contributed by atoms with E-state index in [-0.39, 0.29) is 5.78 Å². The smallest absolute Gasteiger partial charge is 0.197 e. The Kier molecular flexibility index (Phi) is 4.18. The van der Waals surface area contributed by atoms with Crippen LogP contribution in [0.2, 0.25) is 5.02 Å². The number of thiophene rings is 1. The van der Waals surface area contributed by atoms with Crippen LogP contribution in [0, 0.1) is 0 Å². The maximum atomic E-state index is 11.8. The maximum absolute atomic E-state index is 11.8. The number of benzene rings is 1. The van der Waals surface area contributed by atoms with Crippen molar-refractivity contribution < 1.29 is 4.79 Å². The Balaban J connectivity index is 2.05. The SMILES string of the molecule is C/C(=C/C(=O)c1cccs1)Nc1ccc(Cl)cc1. The lowest BCUT2D eigenvalue weighted by Crippen LogP contribution is -1.99. The minimum atomic E-state index is 0.0176. The molecule has 1 aromatic heterocycles. The Morgan fingerprint density at radius 3 is 2.61 bits per heavy atom. The molecule has 1 N–H and O–H groups in total. The topological polar surface area (TPSA) is 29.1 Å². The molecule has 0 saturated carbocycles. The molecular weight excluding hydrogens is 266 g/mol. The van der Waals surface area contributed by atoms with Gasteiger partial charge in [-0.2, -0.15) is 0 Å². The molecule has 0 spiro atoms. The molecule has 1 aromatic carbocycles. The van der Waals surface area contributed by atoms with Crippen LogP contribution in [0.4, 0.5) is 5.69 Å². The monoisotopic (exact) mass is 277 g/mol. The van der Waals surface area contributed by atoms with Gasteiger partial charge in [-0.05, 0) is 42.6 Å². The zero-order valence-electron chi connectivity index (χ0n) is 9.81. The van der Waals surface area contributed by atoms with Gasteiger partial charge < -0.3 is 5.32 Å². The quantitative estimate of drug-likeness (QED) is 0.654. The molecule has 2 nitrogen and oxygen atoms in total. The number of rotatable bonds is 4. The van der Waals surface area contributed by atoms with E-state index >= 15 is 0 Å². The molecule has 2 rings (SSSR count). The van der Waals surface area contributed by atoms with Crippen molar-refractivity contribution in [3.63, 3.8) is 0 Å². The molecule has 4 heteroatoms. The summed E-state index contributed by atoms with van der Waals surface area (Å²) in [6.45, 7) is 1.86. The number of hydrogen-bond acceptors (Lipinski definition) is 3. The number of halogens is 1. The van der Waals surface area contributed by atoms with Gasteiger partial charge in [0, 0.05) is 22.5 Å². The first kappa shape index (κ1) is 12.9. The van der Waals surface area contributed by atoms with Crippen LogP contribution >= 0.6 is 22.9 Å². The highest BCUT2D eigenvalue weighted by atomic mass is 35.5. The maximum Gasteiger partial charge on any atom is 0.197 e. The molecule has 0 aliphatic rings. The standard InChI is InChI=1S/C14H12ClNOS/c1-10(9-13(17)14-3-2-8-18-14)16-12-6-4-11(15)5-7-12/h2-9,16H,1H3/b10-9-. The second kappa shape index (κ2) is 5.85. The van der Waals surface area contributed by atoms with Gasteiger partial charge in [0.1, 0.15) is 0 Å². The molecule has 92 valence electrons. The first-order valence-electron chi connectivity index (χ1n) is 5.44. The third-order valence-electron chi connectivity index (χ3n) is 2.30. The molecule has 0 radical (unpaired) electrons. The molecule has 0 unspecified atom stereocenters. The summed E-state index contributed by atoms with van der Waals surface area (Å²) in [7, 11) is 0. The number of carbonyl (C=O) groups excluding carboxylic acids is 1. The van der Waals surface area contributed by atoms with E-state index < -0.39 is 0 Å². The molecule has 0 aliphatic heterocycles. The predicted molar refractivity (Wildman–Crippen MR) is 77.5 cm³/mol. The summed E-state index contributed by atoms with van der Waals surface area (Å²) in [6.07, 6.45) is 1.60. The summed E-state index contributed by atoms with van der Waals surface area (Å²) in [6, 6.07) is 11.0. The van der Waals surface area contributed by atoms with E-state index in [1.54, 1.807) is 18.2 Å². The fraction of sp³-hybridized carbons (Fsp3) is 0.0714. The molecule has 1 heterocycles. The Hall–Kier alpha value is -1.58. The van der Waals surface area contributed by atoms with Crippen LogP contribution in [0.5, 0.6) is 0 Å². The van der Waals surface area contributed by atoms with Crippen molar-refractivity contribution in [1.82, 2.24) is 0 Å². The van der Waals surface area contributed by atoms with Gasteiger partial charge in [0.05, 0.1) is 4.88 Å². The lowest BCUT2D eigenvalue weighted by atomic mass is 10.2. The zero-order chi connectivity index (χ0) is 13.0. The van der Waals surface area contributed by atoms with E-state index in [2.05, 4.69) is 5.32 Å². The number of carbonyl (C=O) groups is 1. The van der Waals surface area contributed by atoms with Crippen LogP contribution in [0.1, 0.15) is 16.6 Å². The van der Waals surface area contributed by atoms with Gasteiger partial charge in [-0.3, -0.25) is 4.79 Å². The van der Waals surface area contributed by atoms with E-state index in [0.29, 0.717) is 5.02 Å². The van der Waals surface area contributed by atoms with Gasteiger partial charge in [-0.1, -0.05) is 17.7 Å². The lowest BCUT2D eigenvalue weighted by Gasteiger charge is -2.05.